The fraction of sp³-hybridized carbons (Fsp3) is 0.208. The van der Waals surface area contributed by atoms with Crippen LogP contribution in [0.4, 0.5) is 4.39 Å². The van der Waals surface area contributed by atoms with E-state index in [9.17, 15) is 4.39 Å². The van der Waals surface area contributed by atoms with Crippen LogP contribution in [0.5, 0.6) is 11.6 Å². The summed E-state index contributed by atoms with van der Waals surface area (Å²) in [4.78, 5) is 13.3. The van der Waals surface area contributed by atoms with Crippen LogP contribution < -0.4 is 10.5 Å². The second-order valence-corrected chi connectivity index (χ2v) is 8.90. The quantitative estimate of drug-likeness (QED) is 0.584. The Morgan fingerprint density at radius 2 is 2.00 bits per heavy atom. The van der Waals surface area contributed by atoms with E-state index in [0.29, 0.717) is 40.3 Å². The highest BCUT2D eigenvalue weighted by Gasteiger charge is 2.46. The number of pyridine rings is 2. The average Bonchev–Trinajstić information content (AvgIpc) is 3.22. The SMILES string of the molecule is NC1=N[C@@]2(CS1)c1cc(-c3cccnc3F)ccc1Oc1ncc(C3=CCCOC3)cc12. The summed E-state index contributed by atoms with van der Waals surface area (Å²) in [5, 5.41) is 0.507. The number of halogens is 1. The number of nitrogens with two attached hydrogens (primary N) is 1. The lowest BCUT2D eigenvalue weighted by Gasteiger charge is -2.34. The number of nitrogens with zero attached hydrogens (tertiary/aromatic N) is 3. The lowest BCUT2D eigenvalue weighted by Crippen LogP contribution is -2.31. The number of rotatable bonds is 2. The smallest absolute Gasteiger partial charge is 0.225 e. The molecule has 3 aliphatic rings. The van der Waals surface area contributed by atoms with Crippen molar-refractivity contribution in [3.8, 4) is 22.8 Å². The van der Waals surface area contributed by atoms with Gasteiger partial charge in [0.15, 0.2) is 5.17 Å². The van der Waals surface area contributed by atoms with Gasteiger partial charge in [-0.25, -0.2) is 15.0 Å². The van der Waals surface area contributed by atoms with Crippen molar-refractivity contribution in [3.63, 3.8) is 0 Å². The Balaban J connectivity index is 1.54. The number of amidine groups is 1. The minimum absolute atomic E-state index is 0.426. The molecule has 0 aliphatic carbocycles. The molecular weight excluding hydrogens is 427 g/mol. The molecule has 6 rings (SSSR count). The van der Waals surface area contributed by atoms with Gasteiger partial charge in [-0.1, -0.05) is 23.9 Å². The van der Waals surface area contributed by atoms with E-state index < -0.39 is 11.5 Å². The number of aromatic nitrogens is 2. The molecule has 0 saturated carbocycles. The van der Waals surface area contributed by atoms with Crippen LogP contribution in [0.3, 0.4) is 0 Å². The maximum Gasteiger partial charge on any atom is 0.225 e. The number of hydrogen-bond donors (Lipinski definition) is 1. The van der Waals surface area contributed by atoms with Gasteiger partial charge in [-0.05, 0) is 53.5 Å². The molecule has 0 bridgehead atoms. The van der Waals surface area contributed by atoms with Gasteiger partial charge < -0.3 is 15.2 Å². The molecule has 1 aromatic carbocycles. The highest BCUT2D eigenvalue weighted by Crippen LogP contribution is 2.53. The maximum atomic E-state index is 14.4. The fourth-order valence-electron chi connectivity index (χ4n) is 4.43. The predicted molar refractivity (Wildman–Crippen MR) is 122 cm³/mol. The van der Waals surface area contributed by atoms with E-state index in [1.807, 2.05) is 24.4 Å². The fourth-order valence-corrected chi connectivity index (χ4v) is 5.38. The Hall–Kier alpha value is -3.23. The number of ether oxygens (including phenoxy) is 2. The van der Waals surface area contributed by atoms with Gasteiger partial charge in [0.1, 0.15) is 11.3 Å². The van der Waals surface area contributed by atoms with E-state index in [4.69, 9.17) is 20.2 Å². The monoisotopic (exact) mass is 446 g/mol. The zero-order valence-corrected chi connectivity index (χ0v) is 17.9. The Kier molecular flexibility index (Phi) is 4.51. The Morgan fingerprint density at radius 1 is 1.09 bits per heavy atom. The minimum atomic E-state index is -0.758. The number of benzene rings is 1. The molecule has 8 heteroatoms. The van der Waals surface area contributed by atoms with E-state index >= 15 is 0 Å². The molecule has 32 heavy (non-hydrogen) atoms. The second kappa shape index (κ2) is 7.43. The van der Waals surface area contributed by atoms with E-state index in [0.717, 1.165) is 35.3 Å². The second-order valence-electron chi connectivity index (χ2n) is 7.90. The molecule has 1 spiro atoms. The van der Waals surface area contributed by atoms with Crippen LogP contribution in [-0.2, 0) is 10.3 Å². The van der Waals surface area contributed by atoms with Crippen LogP contribution in [0.2, 0.25) is 0 Å². The summed E-state index contributed by atoms with van der Waals surface area (Å²) in [5.74, 6) is 1.25. The van der Waals surface area contributed by atoms with Gasteiger partial charge in [-0.2, -0.15) is 4.39 Å². The van der Waals surface area contributed by atoms with Gasteiger partial charge in [0, 0.05) is 34.8 Å². The van der Waals surface area contributed by atoms with E-state index in [-0.39, 0.29) is 0 Å². The topological polar surface area (TPSA) is 82.6 Å². The van der Waals surface area contributed by atoms with Crippen molar-refractivity contribution in [3.05, 3.63) is 77.5 Å². The number of fused-ring (bicyclic) bond motifs is 4. The van der Waals surface area contributed by atoms with Gasteiger partial charge in [0.2, 0.25) is 11.8 Å². The molecule has 1 atom stereocenters. The summed E-state index contributed by atoms with van der Waals surface area (Å²) < 4.78 is 26.2. The van der Waals surface area contributed by atoms with Gasteiger partial charge in [-0.15, -0.1) is 0 Å². The molecule has 0 fully saturated rings. The Morgan fingerprint density at radius 3 is 2.78 bits per heavy atom. The van der Waals surface area contributed by atoms with Crippen molar-refractivity contribution in [1.82, 2.24) is 9.97 Å². The predicted octanol–water partition coefficient (Wildman–Crippen LogP) is 4.50. The third-order valence-corrected chi connectivity index (χ3v) is 6.96. The molecule has 160 valence electrons. The molecule has 6 nitrogen and oxygen atoms in total. The summed E-state index contributed by atoms with van der Waals surface area (Å²) in [6, 6.07) is 11.1. The number of thioether (sulfide) groups is 1. The first-order valence-electron chi connectivity index (χ1n) is 10.3. The highest BCUT2D eigenvalue weighted by atomic mass is 32.2. The Bertz CT molecular complexity index is 1310. The molecule has 0 unspecified atom stereocenters. The van der Waals surface area contributed by atoms with Crippen LogP contribution in [0.15, 0.2) is 59.9 Å². The first kappa shape index (κ1) is 19.5. The first-order chi connectivity index (χ1) is 15.6. The first-order valence-corrected chi connectivity index (χ1v) is 11.3. The minimum Gasteiger partial charge on any atom is -0.438 e. The van der Waals surface area contributed by atoms with Gasteiger partial charge in [0.25, 0.3) is 0 Å². The third kappa shape index (κ3) is 3.02. The van der Waals surface area contributed by atoms with E-state index in [1.54, 1.807) is 12.1 Å². The molecule has 2 N–H and O–H groups in total. The molecule has 3 aliphatic heterocycles. The van der Waals surface area contributed by atoms with Gasteiger partial charge in [0.05, 0.1) is 13.2 Å². The molecule has 5 heterocycles. The molecule has 0 saturated heterocycles. The zero-order valence-electron chi connectivity index (χ0n) is 17.0. The summed E-state index contributed by atoms with van der Waals surface area (Å²) in [6.07, 6.45) is 6.31. The van der Waals surface area contributed by atoms with E-state index in [2.05, 4.69) is 22.1 Å². The van der Waals surface area contributed by atoms with Crippen LogP contribution in [0.25, 0.3) is 16.7 Å². The third-order valence-electron chi connectivity index (χ3n) is 6.01. The Labute approximate surface area is 188 Å². The molecule has 3 aromatic rings. The van der Waals surface area contributed by atoms with Crippen molar-refractivity contribution >= 4 is 22.5 Å². The summed E-state index contributed by atoms with van der Waals surface area (Å²) in [7, 11) is 0. The lowest BCUT2D eigenvalue weighted by atomic mass is 9.81. The van der Waals surface area contributed by atoms with Crippen LogP contribution >= 0.6 is 11.8 Å². The van der Waals surface area contributed by atoms with Gasteiger partial charge >= 0.3 is 0 Å². The molecule has 0 amide bonds. The molecule has 2 aromatic heterocycles. The van der Waals surface area contributed by atoms with Crippen molar-refractivity contribution in [2.45, 2.75) is 12.0 Å². The largest absolute Gasteiger partial charge is 0.438 e. The van der Waals surface area contributed by atoms with Crippen LogP contribution in [0, 0.1) is 5.95 Å². The van der Waals surface area contributed by atoms with E-state index in [1.165, 1.54) is 18.0 Å². The molecule has 0 radical (unpaired) electrons. The lowest BCUT2D eigenvalue weighted by molar-refractivity contribution is 0.164. The summed E-state index contributed by atoms with van der Waals surface area (Å²) >= 11 is 1.49. The average molecular weight is 447 g/mol. The van der Waals surface area contributed by atoms with Crippen molar-refractivity contribution in [2.75, 3.05) is 19.0 Å². The van der Waals surface area contributed by atoms with Crippen molar-refractivity contribution < 1.29 is 13.9 Å². The maximum absolute atomic E-state index is 14.4. The van der Waals surface area contributed by atoms with Gasteiger partial charge in [-0.3, -0.25) is 0 Å². The molecular formula is C24H19FN4O2S. The zero-order chi connectivity index (χ0) is 21.7. The van der Waals surface area contributed by atoms with Crippen molar-refractivity contribution in [1.29, 1.82) is 0 Å². The summed E-state index contributed by atoms with van der Waals surface area (Å²) in [5.41, 5.74) is 10.3. The van der Waals surface area contributed by atoms with Crippen LogP contribution in [-0.4, -0.2) is 34.1 Å². The standard InChI is InChI=1S/C24H19FN4O2S/c25-21-17(4-1-7-27-21)14-5-6-20-18(9-14)24(13-32-23(26)29-24)19-10-16(11-28-22(19)31-20)15-3-2-8-30-12-15/h1,3-7,9-11H,2,8,12-13H2,(H2,26,29)/t24-/m0/s1. The normalized spacial score (nSPS) is 21.4. The summed E-state index contributed by atoms with van der Waals surface area (Å²) in [6.45, 7) is 1.28. The van der Waals surface area contributed by atoms with Crippen LogP contribution in [0.1, 0.15) is 23.1 Å². The van der Waals surface area contributed by atoms with Crippen molar-refractivity contribution in [2.24, 2.45) is 10.7 Å². The number of aliphatic imine (C=N–C) groups is 1. The number of hydrogen-bond acceptors (Lipinski definition) is 7. The highest BCUT2D eigenvalue weighted by molar-refractivity contribution is 8.14.